The van der Waals surface area contributed by atoms with Gasteiger partial charge in [0.05, 0.1) is 4.99 Å². The minimum atomic E-state index is -3.33. The van der Waals surface area contributed by atoms with E-state index < -0.39 is 10.0 Å². The second-order valence-corrected chi connectivity index (χ2v) is 7.47. The fourth-order valence-corrected chi connectivity index (χ4v) is 4.31. The van der Waals surface area contributed by atoms with Crippen LogP contribution in [-0.4, -0.2) is 36.7 Å². The lowest BCUT2D eigenvalue weighted by Gasteiger charge is -2.27. The molecule has 94 valence electrons. The lowest BCUT2D eigenvalue weighted by molar-refractivity contribution is 0.420. The van der Waals surface area contributed by atoms with Gasteiger partial charge in [-0.05, 0) is 31.9 Å². The van der Waals surface area contributed by atoms with Crippen LogP contribution in [0.2, 0.25) is 0 Å². The molecule has 0 atom stereocenters. The van der Waals surface area contributed by atoms with E-state index in [1.807, 2.05) is 11.8 Å². The molecule has 0 aromatic carbocycles. The van der Waals surface area contributed by atoms with Crippen molar-refractivity contribution in [2.24, 2.45) is 5.73 Å². The summed E-state index contributed by atoms with van der Waals surface area (Å²) in [7, 11) is -3.33. The van der Waals surface area contributed by atoms with E-state index >= 15 is 0 Å². The van der Waals surface area contributed by atoms with Gasteiger partial charge >= 0.3 is 0 Å². The Morgan fingerprint density at radius 3 is 2.44 bits per heavy atom. The Bertz CT molecular complexity index is 335. The quantitative estimate of drug-likeness (QED) is 0.732. The maximum absolute atomic E-state index is 11.6. The zero-order valence-corrected chi connectivity index (χ0v) is 11.8. The van der Waals surface area contributed by atoms with Gasteiger partial charge in [0.2, 0.25) is 10.0 Å². The molecular formula is C9H18N2O2S3. The molecule has 0 unspecified atom stereocenters. The summed E-state index contributed by atoms with van der Waals surface area (Å²) in [6, 6.07) is 0.0581. The van der Waals surface area contributed by atoms with E-state index in [1.54, 1.807) is 0 Å². The number of nitrogens with two attached hydrogens (primary N) is 1. The van der Waals surface area contributed by atoms with Crippen LogP contribution in [0.1, 0.15) is 25.7 Å². The molecule has 4 nitrogen and oxygen atoms in total. The summed E-state index contributed by atoms with van der Waals surface area (Å²) >= 11 is 6.46. The molecule has 1 aliphatic rings. The largest absolute Gasteiger partial charge is 0.392 e. The van der Waals surface area contributed by atoms with E-state index in [0.717, 1.165) is 25.7 Å². The number of thioether (sulfide) groups is 1. The summed E-state index contributed by atoms with van der Waals surface area (Å²) in [5.41, 5.74) is 5.24. The molecular weight excluding hydrogens is 264 g/mol. The fraction of sp³-hybridized carbons (Fsp3) is 0.889. The lowest BCUT2D eigenvalue weighted by Crippen LogP contribution is -2.41. The third-order valence-electron chi connectivity index (χ3n) is 2.69. The van der Waals surface area contributed by atoms with Crippen LogP contribution >= 0.6 is 24.0 Å². The second-order valence-electron chi connectivity index (χ2n) is 4.05. The van der Waals surface area contributed by atoms with Crippen molar-refractivity contribution in [3.63, 3.8) is 0 Å². The summed E-state index contributed by atoms with van der Waals surface area (Å²) in [6.07, 6.45) is 6.05. The van der Waals surface area contributed by atoms with Crippen LogP contribution in [0.5, 0.6) is 0 Å². The SMILES string of the molecule is CSC1CCC(NS(=O)(=O)CC(N)=S)CC1. The predicted molar refractivity (Wildman–Crippen MR) is 73.3 cm³/mol. The van der Waals surface area contributed by atoms with Crippen LogP contribution in [0, 0.1) is 0 Å². The van der Waals surface area contributed by atoms with Crippen molar-refractivity contribution >= 4 is 39.0 Å². The number of nitrogens with one attached hydrogen (secondary N) is 1. The number of sulfonamides is 1. The van der Waals surface area contributed by atoms with Gasteiger partial charge in [-0.2, -0.15) is 11.8 Å². The fourth-order valence-electron chi connectivity index (χ4n) is 1.90. The van der Waals surface area contributed by atoms with Gasteiger partial charge in [-0.1, -0.05) is 12.2 Å². The molecule has 0 bridgehead atoms. The van der Waals surface area contributed by atoms with Crippen LogP contribution in [0.3, 0.4) is 0 Å². The molecule has 0 heterocycles. The third kappa shape index (κ3) is 4.99. The van der Waals surface area contributed by atoms with E-state index in [9.17, 15) is 8.42 Å². The first-order valence-corrected chi connectivity index (χ1v) is 8.59. The maximum Gasteiger partial charge on any atom is 0.218 e. The van der Waals surface area contributed by atoms with Crippen LogP contribution in [0.25, 0.3) is 0 Å². The van der Waals surface area contributed by atoms with Crippen LogP contribution in [0.15, 0.2) is 0 Å². The van der Waals surface area contributed by atoms with Gasteiger partial charge in [-0.3, -0.25) is 0 Å². The van der Waals surface area contributed by atoms with Crippen LogP contribution < -0.4 is 10.5 Å². The van der Waals surface area contributed by atoms with Crippen molar-refractivity contribution in [1.82, 2.24) is 4.72 Å². The number of hydrogen-bond donors (Lipinski definition) is 2. The molecule has 1 fully saturated rings. The van der Waals surface area contributed by atoms with Gasteiger partial charge in [0, 0.05) is 11.3 Å². The van der Waals surface area contributed by atoms with Crippen molar-refractivity contribution in [1.29, 1.82) is 0 Å². The van der Waals surface area contributed by atoms with Crippen LogP contribution in [-0.2, 0) is 10.0 Å². The number of rotatable bonds is 5. The molecule has 16 heavy (non-hydrogen) atoms. The predicted octanol–water partition coefficient (Wildman–Crippen LogP) is 0.866. The normalized spacial score (nSPS) is 26.6. The monoisotopic (exact) mass is 282 g/mol. The minimum Gasteiger partial charge on any atom is -0.392 e. The van der Waals surface area contributed by atoms with E-state index in [0.29, 0.717) is 5.25 Å². The Morgan fingerprint density at radius 2 is 2.00 bits per heavy atom. The van der Waals surface area contributed by atoms with Gasteiger partial charge in [-0.15, -0.1) is 0 Å². The highest BCUT2D eigenvalue weighted by atomic mass is 32.2. The minimum absolute atomic E-state index is 0.0188. The Hall–Kier alpha value is 0.150. The molecule has 0 aromatic rings. The second kappa shape index (κ2) is 6.18. The Labute approximate surface area is 107 Å². The van der Waals surface area contributed by atoms with Crippen molar-refractivity contribution in [2.45, 2.75) is 37.0 Å². The van der Waals surface area contributed by atoms with Gasteiger partial charge in [-0.25, -0.2) is 13.1 Å². The van der Waals surface area contributed by atoms with Gasteiger partial charge in [0.1, 0.15) is 5.75 Å². The van der Waals surface area contributed by atoms with E-state index in [1.165, 1.54) is 0 Å². The van der Waals surface area contributed by atoms with E-state index in [2.05, 4.69) is 23.2 Å². The standard InChI is InChI=1S/C9H18N2O2S3/c1-15-8-4-2-7(3-5-8)11-16(12,13)6-9(10)14/h7-8,11H,2-6H2,1H3,(H2,10,14). The lowest BCUT2D eigenvalue weighted by atomic mass is 9.96. The molecule has 0 saturated heterocycles. The number of thiocarbonyl (C=S) groups is 1. The zero-order chi connectivity index (χ0) is 12.2. The van der Waals surface area contributed by atoms with Crippen LogP contribution in [0.4, 0.5) is 0 Å². The molecule has 1 aliphatic carbocycles. The summed E-state index contributed by atoms with van der Waals surface area (Å²) in [4.78, 5) is 0.0188. The summed E-state index contributed by atoms with van der Waals surface area (Å²) in [5, 5.41) is 0.677. The average molecular weight is 282 g/mol. The van der Waals surface area contributed by atoms with Gasteiger partial charge < -0.3 is 5.73 Å². The van der Waals surface area contributed by atoms with Gasteiger partial charge in [0.25, 0.3) is 0 Å². The van der Waals surface area contributed by atoms with Gasteiger partial charge in [0.15, 0.2) is 0 Å². The highest BCUT2D eigenvalue weighted by Crippen LogP contribution is 2.27. The summed E-state index contributed by atoms with van der Waals surface area (Å²) in [6.45, 7) is 0. The molecule has 0 spiro atoms. The first-order chi connectivity index (χ1) is 7.43. The third-order valence-corrected chi connectivity index (χ3v) is 5.53. The van der Waals surface area contributed by atoms with Crippen molar-refractivity contribution in [2.75, 3.05) is 12.0 Å². The molecule has 1 saturated carbocycles. The molecule has 7 heteroatoms. The van der Waals surface area contributed by atoms with Crippen molar-refractivity contribution < 1.29 is 8.42 Å². The maximum atomic E-state index is 11.6. The zero-order valence-electron chi connectivity index (χ0n) is 9.31. The summed E-state index contributed by atoms with van der Waals surface area (Å²) < 4.78 is 25.8. The van der Waals surface area contributed by atoms with Crippen molar-refractivity contribution in [3.8, 4) is 0 Å². The molecule has 1 rings (SSSR count). The Morgan fingerprint density at radius 1 is 1.44 bits per heavy atom. The van der Waals surface area contributed by atoms with E-state index in [-0.39, 0.29) is 16.8 Å². The molecule has 0 aromatic heterocycles. The Kier molecular flexibility index (Phi) is 5.49. The molecule has 0 radical (unpaired) electrons. The molecule has 0 aliphatic heterocycles. The highest BCUT2D eigenvalue weighted by Gasteiger charge is 2.24. The smallest absolute Gasteiger partial charge is 0.218 e. The van der Waals surface area contributed by atoms with E-state index in [4.69, 9.17) is 5.73 Å². The topological polar surface area (TPSA) is 72.2 Å². The first kappa shape index (κ1) is 14.2. The highest BCUT2D eigenvalue weighted by molar-refractivity contribution is 7.99. The number of hydrogen-bond acceptors (Lipinski definition) is 4. The first-order valence-electron chi connectivity index (χ1n) is 5.24. The molecule has 0 amide bonds. The van der Waals surface area contributed by atoms with Crippen molar-refractivity contribution in [3.05, 3.63) is 0 Å². The Balaban J connectivity index is 2.41. The summed E-state index contributed by atoms with van der Waals surface area (Å²) in [5.74, 6) is -0.245. The molecule has 3 N–H and O–H groups in total. The average Bonchev–Trinajstić information content (AvgIpc) is 2.16.